The molecule has 0 bridgehead atoms. The molecule has 0 saturated carbocycles. The second-order valence-electron chi connectivity index (χ2n) is 6.19. The van der Waals surface area contributed by atoms with Crippen molar-refractivity contribution in [1.29, 1.82) is 0 Å². The molecule has 1 amide bonds. The van der Waals surface area contributed by atoms with E-state index in [9.17, 15) is 4.79 Å². The molecule has 1 aliphatic carbocycles. The van der Waals surface area contributed by atoms with Crippen LogP contribution < -0.4 is 5.43 Å². The zero-order valence-corrected chi connectivity index (χ0v) is 13.7. The predicted octanol–water partition coefficient (Wildman–Crippen LogP) is 3.12. The van der Waals surface area contributed by atoms with E-state index in [1.807, 2.05) is 13.8 Å². The number of amides is 1. The number of carbonyl (C=O) groups is 1. The fraction of sp³-hybridized carbons (Fsp3) is 0.211. The molecule has 0 fully saturated rings. The highest BCUT2D eigenvalue weighted by atomic mass is 16.2. The topological polar surface area (TPSA) is 70.1 Å². The van der Waals surface area contributed by atoms with Gasteiger partial charge in [-0.1, -0.05) is 30.3 Å². The Morgan fingerprint density at radius 3 is 2.75 bits per heavy atom. The van der Waals surface area contributed by atoms with Gasteiger partial charge in [0, 0.05) is 11.3 Å². The Balaban J connectivity index is 1.66. The fourth-order valence-electron chi connectivity index (χ4n) is 3.35. The van der Waals surface area contributed by atoms with E-state index >= 15 is 0 Å². The molecule has 0 radical (unpaired) electrons. The van der Waals surface area contributed by atoms with E-state index in [2.05, 4.69) is 51.1 Å². The Kier molecular flexibility index (Phi) is 3.41. The van der Waals surface area contributed by atoms with Crippen LogP contribution >= 0.6 is 0 Å². The lowest BCUT2D eigenvalue weighted by atomic mass is 9.98. The maximum Gasteiger partial charge on any atom is 0.291 e. The first kappa shape index (κ1) is 14.6. The van der Waals surface area contributed by atoms with Gasteiger partial charge in [0.15, 0.2) is 5.69 Å². The number of aromatic nitrogens is 2. The summed E-state index contributed by atoms with van der Waals surface area (Å²) < 4.78 is 0. The quantitative estimate of drug-likeness (QED) is 0.575. The molecule has 2 N–H and O–H groups in total. The van der Waals surface area contributed by atoms with E-state index in [0.29, 0.717) is 5.69 Å². The maximum atomic E-state index is 12.1. The molecule has 1 heterocycles. The molecule has 0 aliphatic heterocycles. The molecule has 24 heavy (non-hydrogen) atoms. The van der Waals surface area contributed by atoms with Gasteiger partial charge in [-0.25, -0.2) is 5.43 Å². The van der Waals surface area contributed by atoms with Gasteiger partial charge in [-0.05, 0) is 54.7 Å². The van der Waals surface area contributed by atoms with Gasteiger partial charge in [0.25, 0.3) is 5.91 Å². The minimum atomic E-state index is -0.315. The molecule has 0 unspecified atom stereocenters. The Bertz CT molecular complexity index is 974. The fourth-order valence-corrected chi connectivity index (χ4v) is 3.35. The number of hydrogen-bond acceptors (Lipinski definition) is 3. The van der Waals surface area contributed by atoms with Crippen LogP contribution in [0.1, 0.15) is 39.8 Å². The van der Waals surface area contributed by atoms with E-state index in [0.717, 1.165) is 29.8 Å². The van der Waals surface area contributed by atoms with Crippen LogP contribution in [0.3, 0.4) is 0 Å². The molecular weight excluding hydrogens is 300 g/mol. The Morgan fingerprint density at radius 2 is 2.00 bits per heavy atom. The number of H-pyrrole nitrogens is 1. The minimum absolute atomic E-state index is 0.315. The van der Waals surface area contributed by atoms with Gasteiger partial charge >= 0.3 is 0 Å². The lowest BCUT2D eigenvalue weighted by Gasteiger charge is -2.09. The molecule has 4 rings (SSSR count). The molecule has 3 aromatic rings. The van der Waals surface area contributed by atoms with Crippen LogP contribution in [-0.4, -0.2) is 21.8 Å². The third-order valence-corrected chi connectivity index (χ3v) is 4.53. The number of benzene rings is 2. The summed E-state index contributed by atoms with van der Waals surface area (Å²) in [5.74, 6) is -0.315. The maximum absolute atomic E-state index is 12.1. The lowest BCUT2D eigenvalue weighted by Crippen LogP contribution is -2.19. The Labute approximate surface area is 139 Å². The van der Waals surface area contributed by atoms with Crippen molar-refractivity contribution in [1.82, 2.24) is 15.6 Å². The van der Waals surface area contributed by atoms with Crippen molar-refractivity contribution in [3.8, 4) is 0 Å². The lowest BCUT2D eigenvalue weighted by molar-refractivity contribution is 0.0950. The third kappa shape index (κ3) is 2.38. The van der Waals surface area contributed by atoms with E-state index in [1.54, 1.807) is 6.07 Å². The summed E-state index contributed by atoms with van der Waals surface area (Å²) in [6.07, 6.45) is 2.20. The molecule has 1 aliphatic rings. The van der Waals surface area contributed by atoms with Gasteiger partial charge in [0.2, 0.25) is 0 Å². The second kappa shape index (κ2) is 5.60. The number of carbonyl (C=O) groups excluding carboxylic acids is 1. The van der Waals surface area contributed by atoms with Crippen LogP contribution in [0.2, 0.25) is 0 Å². The van der Waals surface area contributed by atoms with Crippen LogP contribution in [0.25, 0.3) is 10.8 Å². The van der Waals surface area contributed by atoms with Crippen molar-refractivity contribution < 1.29 is 4.79 Å². The number of hydrazone groups is 1. The number of hydrogen-bond donors (Lipinski definition) is 2. The largest absolute Gasteiger partial charge is 0.291 e. The minimum Gasteiger partial charge on any atom is -0.282 e. The Morgan fingerprint density at radius 1 is 1.21 bits per heavy atom. The molecule has 5 heteroatoms. The van der Waals surface area contributed by atoms with Crippen molar-refractivity contribution >= 4 is 22.4 Å². The summed E-state index contributed by atoms with van der Waals surface area (Å²) >= 11 is 0. The summed E-state index contributed by atoms with van der Waals surface area (Å²) in [5, 5.41) is 13.5. The summed E-state index contributed by atoms with van der Waals surface area (Å²) in [7, 11) is 0. The predicted molar refractivity (Wildman–Crippen MR) is 94.4 cm³/mol. The zero-order valence-electron chi connectivity index (χ0n) is 13.7. The van der Waals surface area contributed by atoms with Crippen LogP contribution in [-0.2, 0) is 12.8 Å². The standard InChI is InChI=1S/C19H18N4O/c1-11-10-17(22-20-11)19(24)23-21-12(2)15-9-8-14-7-6-13-4-3-5-16(15)18(13)14/h3-5,8-10H,6-7H2,1-2H3,(H,20,22)(H,23,24)/b21-12-. The molecule has 0 spiro atoms. The first-order valence-corrected chi connectivity index (χ1v) is 8.04. The number of rotatable bonds is 3. The highest BCUT2D eigenvalue weighted by Gasteiger charge is 2.17. The van der Waals surface area contributed by atoms with Gasteiger partial charge < -0.3 is 0 Å². The van der Waals surface area contributed by atoms with Crippen molar-refractivity contribution in [2.45, 2.75) is 26.7 Å². The van der Waals surface area contributed by atoms with E-state index in [1.165, 1.54) is 21.9 Å². The van der Waals surface area contributed by atoms with Gasteiger partial charge in [0.05, 0.1) is 5.71 Å². The van der Waals surface area contributed by atoms with E-state index in [4.69, 9.17) is 0 Å². The number of aryl methyl sites for hydroxylation is 3. The number of aromatic amines is 1. The van der Waals surface area contributed by atoms with Crippen LogP contribution in [0.5, 0.6) is 0 Å². The van der Waals surface area contributed by atoms with Crippen LogP contribution in [0.15, 0.2) is 41.5 Å². The molecule has 0 saturated heterocycles. The number of nitrogens with zero attached hydrogens (tertiary/aromatic N) is 2. The van der Waals surface area contributed by atoms with Crippen LogP contribution in [0, 0.1) is 6.92 Å². The molecule has 0 atom stereocenters. The molecular formula is C19H18N4O. The van der Waals surface area contributed by atoms with Crippen molar-refractivity contribution in [2.75, 3.05) is 0 Å². The first-order valence-electron chi connectivity index (χ1n) is 8.04. The molecule has 2 aromatic carbocycles. The smallest absolute Gasteiger partial charge is 0.282 e. The van der Waals surface area contributed by atoms with E-state index < -0.39 is 0 Å². The normalized spacial score (nSPS) is 13.5. The SMILES string of the molecule is C/C(=N/NC(=O)c1cc(C)[nH]n1)c1ccc2c3c(cccc13)CC2. The first-order chi connectivity index (χ1) is 11.6. The third-order valence-electron chi connectivity index (χ3n) is 4.53. The number of nitrogens with one attached hydrogen (secondary N) is 2. The summed E-state index contributed by atoms with van der Waals surface area (Å²) in [4.78, 5) is 12.1. The highest BCUT2D eigenvalue weighted by Crippen LogP contribution is 2.32. The van der Waals surface area contributed by atoms with Gasteiger partial charge in [-0.15, -0.1) is 0 Å². The average Bonchev–Trinajstić information content (AvgIpc) is 3.21. The van der Waals surface area contributed by atoms with E-state index in [-0.39, 0.29) is 5.91 Å². The van der Waals surface area contributed by atoms with Gasteiger partial charge in [-0.2, -0.15) is 10.2 Å². The molecule has 5 nitrogen and oxygen atoms in total. The van der Waals surface area contributed by atoms with Crippen molar-refractivity contribution in [2.24, 2.45) is 5.10 Å². The second-order valence-corrected chi connectivity index (χ2v) is 6.19. The average molecular weight is 318 g/mol. The zero-order chi connectivity index (χ0) is 16.7. The monoisotopic (exact) mass is 318 g/mol. The Hall–Kier alpha value is -2.95. The van der Waals surface area contributed by atoms with Crippen molar-refractivity contribution in [3.05, 3.63) is 64.5 Å². The highest BCUT2D eigenvalue weighted by molar-refractivity contribution is 6.11. The molecule has 120 valence electrons. The summed E-state index contributed by atoms with van der Waals surface area (Å²) in [6.45, 7) is 3.76. The van der Waals surface area contributed by atoms with Crippen molar-refractivity contribution in [3.63, 3.8) is 0 Å². The van der Waals surface area contributed by atoms with Crippen LogP contribution in [0.4, 0.5) is 0 Å². The summed E-state index contributed by atoms with van der Waals surface area (Å²) in [6, 6.07) is 12.4. The molecule has 1 aromatic heterocycles. The van der Waals surface area contributed by atoms with Gasteiger partial charge in [-0.3, -0.25) is 9.89 Å². The van der Waals surface area contributed by atoms with Gasteiger partial charge in [0.1, 0.15) is 0 Å². The summed E-state index contributed by atoms with van der Waals surface area (Å²) in [5.41, 5.74) is 8.39.